The van der Waals surface area contributed by atoms with E-state index in [0.29, 0.717) is 13.0 Å². The van der Waals surface area contributed by atoms with Gasteiger partial charge in [-0.1, -0.05) is 42.5 Å². The van der Waals surface area contributed by atoms with Gasteiger partial charge in [0, 0.05) is 24.1 Å². The largest absolute Gasteiger partial charge is 0.497 e. The quantitative estimate of drug-likeness (QED) is 0.672. The number of carboxylic acid groups (broad SMARTS) is 1. The van der Waals surface area contributed by atoms with Gasteiger partial charge < -0.3 is 9.84 Å². The highest BCUT2D eigenvalue weighted by Gasteiger charge is 2.10. The number of nitrogens with zero attached hydrogens (tertiary/aromatic N) is 2. The topological polar surface area (TPSA) is 88.2 Å². The maximum absolute atomic E-state index is 10.8. The Bertz CT molecular complexity index is 980. The summed E-state index contributed by atoms with van der Waals surface area (Å²) in [5.41, 5.74) is 3.56. The molecule has 6 nitrogen and oxygen atoms in total. The van der Waals surface area contributed by atoms with Crippen LogP contribution < -0.4 is 10.2 Å². The Kier molecular flexibility index (Phi) is 5.66. The Balaban J connectivity index is 2.07. The van der Waals surface area contributed by atoms with E-state index in [4.69, 9.17) is 15.3 Å². The number of methoxy groups -OCH3 is 1. The van der Waals surface area contributed by atoms with E-state index in [1.54, 1.807) is 11.8 Å². The first-order chi connectivity index (χ1) is 13.1. The number of hydrogen-bond acceptors (Lipinski definition) is 4. The zero-order valence-corrected chi connectivity index (χ0v) is 15.1. The monoisotopic (exact) mass is 363 g/mol. The highest BCUT2D eigenvalue weighted by Crippen LogP contribution is 2.23. The van der Waals surface area contributed by atoms with Crippen LogP contribution in [0.1, 0.15) is 12.8 Å². The summed E-state index contributed by atoms with van der Waals surface area (Å²) in [4.78, 5) is 10.8. The van der Waals surface area contributed by atoms with Crippen molar-refractivity contribution < 1.29 is 14.6 Å². The van der Waals surface area contributed by atoms with Crippen molar-refractivity contribution in [2.45, 2.75) is 19.4 Å². The summed E-state index contributed by atoms with van der Waals surface area (Å²) >= 11 is 0. The molecule has 0 bridgehead atoms. The summed E-state index contributed by atoms with van der Waals surface area (Å²) in [5.74, 6) is -0.103. The number of aliphatic carboxylic acids is 1. The van der Waals surface area contributed by atoms with E-state index in [1.165, 1.54) is 0 Å². The number of nitrogens with one attached hydrogen (secondary N) is 1. The normalized spacial score (nSPS) is 10.6. The summed E-state index contributed by atoms with van der Waals surface area (Å²) < 4.78 is 6.78. The molecule has 0 aliphatic heterocycles. The zero-order chi connectivity index (χ0) is 19.2. The second-order valence-electron chi connectivity index (χ2n) is 6.11. The molecule has 0 atom stereocenters. The third kappa shape index (κ3) is 4.41. The Morgan fingerprint density at radius 3 is 2.44 bits per heavy atom. The second kappa shape index (κ2) is 8.31. The highest BCUT2D eigenvalue weighted by atomic mass is 16.5. The van der Waals surface area contributed by atoms with Crippen LogP contribution in [0.15, 0.2) is 60.7 Å². The number of rotatable bonds is 7. The molecule has 0 saturated heterocycles. The lowest BCUT2D eigenvalue weighted by molar-refractivity contribution is -0.137. The van der Waals surface area contributed by atoms with Gasteiger partial charge in [0.2, 0.25) is 0 Å². The molecule has 0 aliphatic carbocycles. The first-order valence-electron chi connectivity index (χ1n) is 8.67. The van der Waals surface area contributed by atoms with Crippen LogP contribution in [0, 0.1) is 5.41 Å². The fraction of sp³-hybridized carbons (Fsp3) is 0.190. The summed E-state index contributed by atoms with van der Waals surface area (Å²) in [7, 11) is 1.61. The van der Waals surface area contributed by atoms with Crippen LogP contribution in [0.3, 0.4) is 0 Å². The van der Waals surface area contributed by atoms with Crippen LogP contribution in [0.5, 0.6) is 5.75 Å². The molecule has 0 spiro atoms. The summed E-state index contributed by atoms with van der Waals surface area (Å²) in [6.45, 7) is 0.370. The molecule has 0 aliphatic rings. The zero-order valence-electron chi connectivity index (χ0n) is 15.1. The van der Waals surface area contributed by atoms with Gasteiger partial charge in [-0.2, -0.15) is 5.10 Å². The van der Waals surface area contributed by atoms with Crippen molar-refractivity contribution in [2.24, 2.45) is 0 Å². The van der Waals surface area contributed by atoms with Crippen LogP contribution >= 0.6 is 0 Å². The molecule has 0 saturated carbocycles. The minimum Gasteiger partial charge on any atom is -0.497 e. The van der Waals surface area contributed by atoms with Crippen LogP contribution in [0.4, 0.5) is 0 Å². The molecule has 3 aromatic rings. The van der Waals surface area contributed by atoms with E-state index in [0.717, 1.165) is 28.1 Å². The summed E-state index contributed by atoms with van der Waals surface area (Å²) in [6, 6.07) is 19.2. The average molecular weight is 363 g/mol. The number of ether oxygens (including phenoxy) is 1. The van der Waals surface area contributed by atoms with Crippen LogP contribution in [-0.4, -0.2) is 28.0 Å². The van der Waals surface area contributed by atoms with Crippen molar-refractivity contribution in [2.75, 3.05) is 7.11 Å². The van der Waals surface area contributed by atoms with Gasteiger partial charge in [0.05, 0.1) is 12.8 Å². The molecule has 6 heteroatoms. The molecule has 3 rings (SSSR count). The molecule has 0 unspecified atom stereocenters. The van der Waals surface area contributed by atoms with Gasteiger partial charge in [0.15, 0.2) is 0 Å². The van der Waals surface area contributed by atoms with Crippen molar-refractivity contribution in [1.29, 1.82) is 5.41 Å². The van der Waals surface area contributed by atoms with Crippen molar-refractivity contribution >= 4 is 5.97 Å². The number of benzene rings is 2. The molecule has 1 aromatic heterocycles. The standard InChI is InChI=1S/C21H21N3O3/c1-27-17-11-9-15(10-12-17)18-14-19(16-6-3-2-4-7-16)23-24(21(18)22)13-5-8-20(25)26/h2-4,6-7,9-12,14,22H,5,8,13H2,1H3,(H,25,26). The summed E-state index contributed by atoms with van der Waals surface area (Å²) in [6.07, 6.45) is 0.459. The number of aryl methyl sites for hydroxylation is 1. The van der Waals surface area contributed by atoms with Gasteiger partial charge in [-0.05, 0) is 30.2 Å². The molecule has 0 fully saturated rings. The first-order valence-corrected chi connectivity index (χ1v) is 8.67. The fourth-order valence-corrected chi connectivity index (χ4v) is 2.84. The van der Waals surface area contributed by atoms with Crippen molar-refractivity contribution in [1.82, 2.24) is 9.78 Å². The highest BCUT2D eigenvalue weighted by molar-refractivity contribution is 5.69. The molecule has 27 heavy (non-hydrogen) atoms. The lowest BCUT2D eigenvalue weighted by Crippen LogP contribution is -2.25. The van der Waals surface area contributed by atoms with E-state index in [-0.39, 0.29) is 11.9 Å². The third-order valence-corrected chi connectivity index (χ3v) is 4.25. The lowest BCUT2D eigenvalue weighted by Gasteiger charge is -2.13. The number of aromatic nitrogens is 2. The van der Waals surface area contributed by atoms with Crippen molar-refractivity contribution in [3.63, 3.8) is 0 Å². The van der Waals surface area contributed by atoms with E-state index in [1.807, 2.05) is 60.7 Å². The van der Waals surface area contributed by atoms with Gasteiger partial charge in [0.25, 0.3) is 0 Å². The van der Waals surface area contributed by atoms with E-state index < -0.39 is 5.97 Å². The van der Waals surface area contributed by atoms with Crippen LogP contribution in [0.2, 0.25) is 0 Å². The van der Waals surface area contributed by atoms with Gasteiger partial charge in [0.1, 0.15) is 11.2 Å². The molecule has 0 radical (unpaired) electrons. The maximum atomic E-state index is 10.8. The minimum atomic E-state index is -0.850. The van der Waals surface area contributed by atoms with E-state index >= 15 is 0 Å². The van der Waals surface area contributed by atoms with Crippen molar-refractivity contribution in [3.05, 3.63) is 66.2 Å². The lowest BCUT2D eigenvalue weighted by atomic mass is 10.0. The van der Waals surface area contributed by atoms with Crippen molar-refractivity contribution in [3.8, 4) is 28.1 Å². The van der Waals surface area contributed by atoms with E-state index in [2.05, 4.69) is 5.10 Å². The molecule has 2 aromatic carbocycles. The fourth-order valence-electron chi connectivity index (χ4n) is 2.84. The van der Waals surface area contributed by atoms with Gasteiger partial charge in [-0.25, -0.2) is 4.68 Å². The van der Waals surface area contributed by atoms with E-state index in [9.17, 15) is 4.79 Å². The first kappa shape index (κ1) is 18.4. The molecular weight excluding hydrogens is 342 g/mol. The minimum absolute atomic E-state index is 0.0432. The molecule has 1 heterocycles. The smallest absolute Gasteiger partial charge is 0.303 e. The van der Waals surface area contributed by atoms with Crippen LogP contribution in [0.25, 0.3) is 22.4 Å². The number of carbonyl (C=O) groups is 1. The SMILES string of the molecule is COc1ccc(-c2cc(-c3ccccc3)nn(CCCC(=O)O)c2=N)cc1. The number of hydrogen-bond donors (Lipinski definition) is 2. The average Bonchev–Trinajstić information content (AvgIpc) is 2.70. The second-order valence-corrected chi connectivity index (χ2v) is 6.11. The maximum Gasteiger partial charge on any atom is 0.303 e. The Hall–Kier alpha value is -3.41. The molecule has 0 amide bonds. The Morgan fingerprint density at radius 1 is 1.11 bits per heavy atom. The third-order valence-electron chi connectivity index (χ3n) is 4.25. The number of carboxylic acids is 1. The predicted molar refractivity (Wildman–Crippen MR) is 102 cm³/mol. The molecular formula is C21H21N3O3. The Labute approximate surface area is 157 Å². The Morgan fingerprint density at radius 2 is 1.81 bits per heavy atom. The van der Waals surface area contributed by atoms with Gasteiger partial charge >= 0.3 is 5.97 Å². The van der Waals surface area contributed by atoms with Gasteiger partial charge in [-0.15, -0.1) is 0 Å². The van der Waals surface area contributed by atoms with Crippen LogP contribution in [-0.2, 0) is 11.3 Å². The summed E-state index contributed by atoms with van der Waals surface area (Å²) in [5, 5.41) is 22.0. The predicted octanol–water partition coefficient (Wildman–Crippen LogP) is 3.57. The molecule has 138 valence electrons. The van der Waals surface area contributed by atoms with Gasteiger partial charge in [-0.3, -0.25) is 10.2 Å². The molecule has 2 N–H and O–H groups in total.